The highest BCUT2D eigenvalue weighted by molar-refractivity contribution is 7.91. The third-order valence-corrected chi connectivity index (χ3v) is 5.31. The van der Waals surface area contributed by atoms with Gasteiger partial charge in [0.2, 0.25) is 0 Å². The summed E-state index contributed by atoms with van der Waals surface area (Å²) < 4.78 is 22.8. The number of carbonyl (C=O) groups excluding carboxylic acids is 1. The van der Waals surface area contributed by atoms with Gasteiger partial charge in [-0.3, -0.25) is 4.79 Å². The van der Waals surface area contributed by atoms with Gasteiger partial charge in [-0.25, -0.2) is 8.42 Å². The molecule has 1 amide bonds. The summed E-state index contributed by atoms with van der Waals surface area (Å²) in [6.45, 7) is 0.550. The fraction of sp³-hybridized carbons (Fsp3) is 0.267. The molecule has 0 bridgehead atoms. The number of sulfone groups is 1. The van der Waals surface area contributed by atoms with Crippen LogP contribution < -0.4 is 0 Å². The standard InChI is InChI=1S/C15H16N2O3S/c1-21(19,20)12-9-17(10-12)15(18)14-8-16-7-13(14)11-5-3-2-4-6-11/h2-8,12,16H,9-10H2,1H3. The third-order valence-electron chi connectivity index (χ3n) is 3.80. The fourth-order valence-electron chi connectivity index (χ4n) is 2.44. The topological polar surface area (TPSA) is 70.2 Å². The van der Waals surface area contributed by atoms with Crippen molar-refractivity contribution in [3.05, 3.63) is 48.3 Å². The second-order valence-electron chi connectivity index (χ2n) is 5.31. The summed E-state index contributed by atoms with van der Waals surface area (Å²) in [6, 6.07) is 9.63. The first-order valence-electron chi connectivity index (χ1n) is 6.67. The zero-order chi connectivity index (χ0) is 15.0. The van der Waals surface area contributed by atoms with E-state index in [1.165, 1.54) is 6.26 Å². The lowest BCUT2D eigenvalue weighted by molar-refractivity contribution is 0.0660. The van der Waals surface area contributed by atoms with Gasteiger partial charge in [0.05, 0.1) is 10.8 Å². The highest BCUT2D eigenvalue weighted by atomic mass is 32.2. The van der Waals surface area contributed by atoms with Gasteiger partial charge in [-0.15, -0.1) is 0 Å². The van der Waals surface area contributed by atoms with E-state index in [1.54, 1.807) is 17.3 Å². The maximum absolute atomic E-state index is 12.5. The summed E-state index contributed by atoms with van der Waals surface area (Å²) in [6.07, 6.45) is 4.67. The minimum atomic E-state index is -3.07. The average molecular weight is 304 g/mol. The summed E-state index contributed by atoms with van der Waals surface area (Å²) in [5, 5.41) is -0.430. The summed E-state index contributed by atoms with van der Waals surface area (Å²) >= 11 is 0. The van der Waals surface area contributed by atoms with Crippen LogP contribution in [0.3, 0.4) is 0 Å². The first kappa shape index (κ1) is 13.9. The molecule has 0 saturated carbocycles. The Balaban J connectivity index is 1.81. The number of hydrogen-bond donors (Lipinski definition) is 1. The maximum Gasteiger partial charge on any atom is 0.256 e. The molecule has 1 fully saturated rings. The molecular weight excluding hydrogens is 288 g/mol. The molecule has 1 N–H and O–H groups in total. The van der Waals surface area contributed by atoms with Crippen LogP contribution in [0.5, 0.6) is 0 Å². The molecule has 21 heavy (non-hydrogen) atoms. The Kier molecular flexibility index (Phi) is 3.33. The Morgan fingerprint density at radius 1 is 1.19 bits per heavy atom. The van der Waals surface area contributed by atoms with Crippen LogP contribution in [0.2, 0.25) is 0 Å². The highest BCUT2D eigenvalue weighted by Gasteiger charge is 2.38. The molecule has 1 aromatic heterocycles. The molecule has 1 aliphatic heterocycles. The van der Waals surface area contributed by atoms with Crippen LogP contribution >= 0.6 is 0 Å². The molecule has 1 aromatic carbocycles. The van der Waals surface area contributed by atoms with Gasteiger partial charge >= 0.3 is 0 Å². The smallest absolute Gasteiger partial charge is 0.256 e. The van der Waals surface area contributed by atoms with Crippen LogP contribution in [-0.2, 0) is 9.84 Å². The second kappa shape index (κ2) is 5.04. The van der Waals surface area contributed by atoms with Gasteiger partial charge < -0.3 is 9.88 Å². The Morgan fingerprint density at radius 3 is 2.48 bits per heavy atom. The Bertz CT molecular complexity index is 759. The molecule has 6 heteroatoms. The van der Waals surface area contributed by atoms with E-state index in [4.69, 9.17) is 0 Å². The molecular formula is C15H16N2O3S. The summed E-state index contributed by atoms with van der Waals surface area (Å²) in [5.41, 5.74) is 2.37. The third kappa shape index (κ3) is 2.58. The number of aromatic nitrogens is 1. The van der Waals surface area contributed by atoms with Gasteiger partial charge in [0.1, 0.15) is 0 Å². The maximum atomic E-state index is 12.5. The highest BCUT2D eigenvalue weighted by Crippen LogP contribution is 2.26. The Hall–Kier alpha value is -2.08. The van der Waals surface area contributed by atoms with E-state index in [0.717, 1.165) is 11.1 Å². The number of likely N-dealkylation sites (tertiary alicyclic amines) is 1. The predicted molar refractivity (Wildman–Crippen MR) is 80.8 cm³/mol. The molecule has 2 heterocycles. The largest absolute Gasteiger partial charge is 0.366 e. The molecule has 0 unspecified atom stereocenters. The van der Waals surface area contributed by atoms with Crippen LogP contribution in [0, 0.1) is 0 Å². The molecule has 1 aliphatic rings. The van der Waals surface area contributed by atoms with E-state index in [1.807, 2.05) is 30.3 Å². The van der Waals surface area contributed by atoms with Crippen molar-refractivity contribution >= 4 is 15.7 Å². The molecule has 2 aromatic rings. The first-order chi connectivity index (χ1) is 9.97. The van der Waals surface area contributed by atoms with Crippen molar-refractivity contribution < 1.29 is 13.2 Å². The zero-order valence-electron chi connectivity index (χ0n) is 11.6. The lowest BCUT2D eigenvalue weighted by Gasteiger charge is -2.37. The number of nitrogens with one attached hydrogen (secondary N) is 1. The monoisotopic (exact) mass is 304 g/mol. The number of carbonyl (C=O) groups is 1. The Labute approximate surface area is 123 Å². The van der Waals surface area contributed by atoms with Crippen molar-refractivity contribution in [2.75, 3.05) is 19.3 Å². The molecule has 3 rings (SSSR count). The SMILES string of the molecule is CS(=O)(=O)C1CN(C(=O)c2c[nH]cc2-c2ccccc2)C1. The second-order valence-corrected chi connectivity index (χ2v) is 7.64. The van der Waals surface area contributed by atoms with Crippen molar-refractivity contribution in [1.82, 2.24) is 9.88 Å². The van der Waals surface area contributed by atoms with Gasteiger partial charge in [0.25, 0.3) is 5.91 Å². The molecule has 0 radical (unpaired) electrons. The van der Waals surface area contributed by atoms with Gasteiger partial charge in [-0.05, 0) is 5.56 Å². The van der Waals surface area contributed by atoms with Crippen molar-refractivity contribution in [3.63, 3.8) is 0 Å². The number of nitrogens with zero attached hydrogens (tertiary/aromatic N) is 1. The minimum absolute atomic E-state index is 0.130. The van der Waals surface area contributed by atoms with Crippen molar-refractivity contribution in [2.24, 2.45) is 0 Å². The molecule has 0 spiro atoms. The van der Waals surface area contributed by atoms with E-state index < -0.39 is 15.1 Å². The van der Waals surface area contributed by atoms with Crippen molar-refractivity contribution in [3.8, 4) is 11.1 Å². The van der Waals surface area contributed by atoms with Crippen LogP contribution in [0.4, 0.5) is 0 Å². The molecule has 5 nitrogen and oxygen atoms in total. The van der Waals surface area contributed by atoms with Crippen LogP contribution in [-0.4, -0.2) is 48.8 Å². The fourth-order valence-corrected chi connectivity index (χ4v) is 3.34. The number of rotatable bonds is 3. The summed E-state index contributed by atoms with van der Waals surface area (Å²) in [4.78, 5) is 17.0. The number of aromatic amines is 1. The van der Waals surface area contributed by atoms with E-state index >= 15 is 0 Å². The van der Waals surface area contributed by atoms with E-state index in [2.05, 4.69) is 4.98 Å². The first-order valence-corrected chi connectivity index (χ1v) is 8.62. The van der Waals surface area contributed by atoms with E-state index in [0.29, 0.717) is 5.56 Å². The zero-order valence-corrected chi connectivity index (χ0v) is 12.4. The summed E-state index contributed by atoms with van der Waals surface area (Å²) in [5.74, 6) is -0.130. The van der Waals surface area contributed by atoms with Crippen molar-refractivity contribution in [1.29, 1.82) is 0 Å². The molecule has 0 aliphatic carbocycles. The van der Waals surface area contributed by atoms with Gasteiger partial charge in [0, 0.05) is 37.3 Å². The number of H-pyrrole nitrogens is 1. The Morgan fingerprint density at radius 2 is 1.86 bits per heavy atom. The normalized spacial score (nSPS) is 15.8. The van der Waals surface area contributed by atoms with E-state index in [9.17, 15) is 13.2 Å². The molecule has 1 saturated heterocycles. The van der Waals surface area contributed by atoms with Crippen molar-refractivity contribution in [2.45, 2.75) is 5.25 Å². The number of amides is 1. The lowest BCUT2D eigenvalue weighted by atomic mass is 10.0. The number of benzene rings is 1. The van der Waals surface area contributed by atoms with Gasteiger partial charge in [-0.1, -0.05) is 30.3 Å². The van der Waals surface area contributed by atoms with Gasteiger partial charge in [0.15, 0.2) is 9.84 Å². The quantitative estimate of drug-likeness (QED) is 0.935. The average Bonchev–Trinajstić information content (AvgIpc) is 2.85. The number of hydrogen-bond acceptors (Lipinski definition) is 3. The van der Waals surface area contributed by atoms with Crippen LogP contribution in [0.1, 0.15) is 10.4 Å². The lowest BCUT2D eigenvalue weighted by Crippen LogP contribution is -2.56. The van der Waals surface area contributed by atoms with Crippen LogP contribution in [0.25, 0.3) is 11.1 Å². The predicted octanol–water partition coefficient (Wildman–Crippen LogP) is 1.55. The molecule has 0 atom stereocenters. The minimum Gasteiger partial charge on any atom is -0.366 e. The van der Waals surface area contributed by atoms with E-state index in [-0.39, 0.29) is 19.0 Å². The molecule has 110 valence electrons. The summed E-state index contributed by atoms with van der Waals surface area (Å²) in [7, 11) is -3.07. The van der Waals surface area contributed by atoms with Gasteiger partial charge in [-0.2, -0.15) is 0 Å². The van der Waals surface area contributed by atoms with Crippen LogP contribution in [0.15, 0.2) is 42.7 Å².